The smallest absolute Gasteiger partial charge is 0.241 e. The Morgan fingerprint density at radius 1 is 1.35 bits per heavy atom. The maximum Gasteiger partial charge on any atom is 0.241 e. The molecule has 5 nitrogen and oxygen atoms in total. The number of fused-ring (bicyclic) bond motifs is 1. The van der Waals surface area contributed by atoms with Gasteiger partial charge in [-0.3, -0.25) is 4.98 Å². The highest BCUT2D eigenvalue weighted by molar-refractivity contribution is 7.89. The second-order valence-electron chi connectivity index (χ2n) is 6.70. The summed E-state index contributed by atoms with van der Waals surface area (Å²) in [5.41, 5.74) is 1.67. The molecular weight excluding hydrogens is 310 g/mol. The van der Waals surface area contributed by atoms with Crippen LogP contribution in [0.25, 0.3) is 10.9 Å². The summed E-state index contributed by atoms with van der Waals surface area (Å²) in [6.45, 7) is 6.35. The third-order valence-corrected chi connectivity index (χ3v) is 6.05. The summed E-state index contributed by atoms with van der Waals surface area (Å²) in [5, 5.41) is 4.02. The molecule has 23 heavy (non-hydrogen) atoms. The van der Waals surface area contributed by atoms with E-state index in [-0.39, 0.29) is 5.41 Å². The van der Waals surface area contributed by atoms with E-state index < -0.39 is 10.0 Å². The number of sulfonamides is 1. The largest absolute Gasteiger partial charge is 0.316 e. The van der Waals surface area contributed by atoms with E-state index in [1.165, 1.54) is 0 Å². The van der Waals surface area contributed by atoms with Crippen LogP contribution < -0.4 is 10.0 Å². The summed E-state index contributed by atoms with van der Waals surface area (Å²) in [4.78, 5) is 4.62. The topological polar surface area (TPSA) is 71.1 Å². The van der Waals surface area contributed by atoms with Gasteiger partial charge < -0.3 is 5.32 Å². The zero-order valence-corrected chi connectivity index (χ0v) is 14.4. The van der Waals surface area contributed by atoms with Gasteiger partial charge in [-0.15, -0.1) is 0 Å². The number of benzene rings is 1. The molecule has 0 spiro atoms. The lowest BCUT2D eigenvalue weighted by Gasteiger charge is -2.34. The van der Waals surface area contributed by atoms with Gasteiger partial charge in [0.2, 0.25) is 10.0 Å². The molecule has 1 fully saturated rings. The van der Waals surface area contributed by atoms with Crippen molar-refractivity contribution < 1.29 is 8.42 Å². The number of rotatable bonds is 4. The summed E-state index contributed by atoms with van der Waals surface area (Å²) in [5.74, 6) is 0. The molecule has 3 rings (SSSR count). The van der Waals surface area contributed by atoms with Crippen LogP contribution in [-0.4, -0.2) is 33.0 Å². The Labute approximate surface area is 137 Å². The average Bonchev–Trinajstić information content (AvgIpc) is 2.54. The second kappa shape index (κ2) is 6.19. The molecule has 6 heteroatoms. The van der Waals surface area contributed by atoms with Gasteiger partial charge in [0, 0.05) is 24.7 Å². The fourth-order valence-corrected chi connectivity index (χ4v) is 4.53. The lowest BCUT2D eigenvalue weighted by atomic mass is 9.83. The third kappa shape index (κ3) is 3.39. The lowest BCUT2D eigenvalue weighted by Crippen LogP contribution is -2.45. The van der Waals surface area contributed by atoms with Crippen LogP contribution in [0.1, 0.15) is 25.3 Å². The molecule has 1 atom stereocenters. The van der Waals surface area contributed by atoms with Crippen molar-refractivity contribution in [2.45, 2.75) is 31.6 Å². The Kier molecular flexibility index (Phi) is 4.40. The molecule has 0 bridgehead atoms. The normalized spacial score (nSPS) is 22.3. The van der Waals surface area contributed by atoms with Gasteiger partial charge in [-0.2, -0.15) is 0 Å². The third-order valence-electron chi connectivity index (χ3n) is 4.60. The van der Waals surface area contributed by atoms with E-state index >= 15 is 0 Å². The zero-order valence-electron chi connectivity index (χ0n) is 13.6. The fraction of sp³-hybridized carbons (Fsp3) is 0.471. The van der Waals surface area contributed by atoms with Crippen molar-refractivity contribution in [3.05, 3.63) is 36.0 Å². The van der Waals surface area contributed by atoms with E-state index in [1.807, 2.05) is 19.1 Å². The standard InChI is InChI=1S/C17H23N3O2S/c1-13-6-7-15(14-5-3-10-19-16(13)14)23(21,22)20-12-17(2)8-4-9-18-11-17/h3,5-7,10,18,20H,4,8-9,11-12H2,1-2H3. The van der Waals surface area contributed by atoms with Crippen LogP contribution in [0.3, 0.4) is 0 Å². The Morgan fingerprint density at radius 2 is 2.17 bits per heavy atom. The predicted molar refractivity (Wildman–Crippen MR) is 91.9 cm³/mol. The van der Waals surface area contributed by atoms with Crippen LogP contribution >= 0.6 is 0 Å². The summed E-state index contributed by atoms with van der Waals surface area (Å²) < 4.78 is 28.4. The van der Waals surface area contributed by atoms with Crippen LogP contribution in [0.4, 0.5) is 0 Å². The monoisotopic (exact) mass is 333 g/mol. The molecular formula is C17H23N3O2S. The number of pyridine rings is 1. The minimum Gasteiger partial charge on any atom is -0.316 e. The van der Waals surface area contributed by atoms with Gasteiger partial charge in [-0.1, -0.05) is 13.0 Å². The van der Waals surface area contributed by atoms with Crippen molar-refractivity contribution in [3.8, 4) is 0 Å². The van der Waals surface area contributed by atoms with Crippen LogP contribution in [0.2, 0.25) is 0 Å². The van der Waals surface area contributed by atoms with Gasteiger partial charge in [0.15, 0.2) is 0 Å². The first-order valence-corrected chi connectivity index (χ1v) is 9.44. The second-order valence-corrected chi connectivity index (χ2v) is 8.43. The number of hydrogen-bond acceptors (Lipinski definition) is 4. The molecule has 1 saturated heterocycles. The van der Waals surface area contributed by atoms with E-state index in [0.29, 0.717) is 16.8 Å². The number of piperidine rings is 1. The minimum absolute atomic E-state index is 0.0376. The molecule has 2 N–H and O–H groups in total. The molecule has 1 unspecified atom stereocenters. The number of nitrogens with one attached hydrogen (secondary N) is 2. The lowest BCUT2D eigenvalue weighted by molar-refractivity contribution is 0.238. The van der Waals surface area contributed by atoms with Crippen LogP contribution in [-0.2, 0) is 10.0 Å². The van der Waals surface area contributed by atoms with E-state index in [9.17, 15) is 8.42 Å². The van der Waals surface area contributed by atoms with Gasteiger partial charge in [0.05, 0.1) is 10.4 Å². The molecule has 2 heterocycles. The predicted octanol–water partition coefficient (Wildman–Crippen LogP) is 2.21. The average molecular weight is 333 g/mol. The van der Waals surface area contributed by atoms with Crippen LogP contribution in [0, 0.1) is 12.3 Å². The molecule has 0 saturated carbocycles. The number of nitrogens with zero attached hydrogens (tertiary/aromatic N) is 1. The Morgan fingerprint density at radius 3 is 2.91 bits per heavy atom. The maximum atomic E-state index is 12.8. The van der Waals surface area contributed by atoms with Gasteiger partial charge in [-0.25, -0.2) is 13.1 Å². The minimum atomic E-state index is -3.56. The molecule has 0 radical (unpaired) electrons. The molecule has 0 aliphatic carbocycles. The fourth-order valence-electron chi connectivity index (χ4n) is 3.14. The number of hydrogen-bond donors (Lipinski definition) is 2. The Bertz CT molecular complexity index is 812. The highest BCUT2D eigenvalue weighted by Crippen LogP contribution is 2.27. The molecule has 124 valence electrons. The number of aryl methyl sites for hydroxylation is 1. The molecule has 1 aliphatic heterocycles. The first kappa shape index (κ1) is 16.4. The number of aromatic nitrogens is 1. The highest BCUT2D eigenvalue weighted by Gasteiger charge is 2.29. The molecule has 1 aromatic carbocycles. The van der Waals surface area contributed by atoms with Crippen molar-refractivity contribution in [2.24, 2.45) is 5.41 Å². The zero-order chi connectivity index (χ0) is 16.5. The summed E-state index contributed by atoms with van der Waals surface area (Å²) in [7, 11) is -3.56. The summed E-state index contributed by atoms with van der Waals surface area (Å²) in [6.07, 6.45) is 3.79. The van der Waals surface area contributed by atoms with Crippen molar-refractivity contribution in [1.82, 2.24) is 15.0 Å². The van der Waals surface area contributed by atoms with Gasteiger partial charge in [0.25, 0.3) is 0 Å². The van der Waals surface area contributed by atoms with E-state index in [1.54, 1.807) is 18.3 Å². The van der Waals surface area contributed by atoms with Gasteiger partial charge >= 0.3 is 0 Å². The van der Waals surface area contributed by atoms with Crippen molar-refractivity contribution in [3.63, 3.8) is 0 Å². The van der Waals surface area contributed by atoms with E-state index in [2.05, 4.69) is 21.9 Å². The molecule has 2 aromatic rings. The van der Waals surface area contributed by atoms with Gasteiger partial charge in [-0.05, 0) is 55.5 Å². The van der Waals surface area contributed by atoms with Crippen LogP contribution in [0.15, 0.2) is 35.4 Å². The quantitative estimate of drug-likeness (QED) is 0.900. The maximum absolute atomic E-state index is 12.8. The van der Waals surface area contributed by atoms with E-state index in [4.69, 9.17) is 0 Å². The SMILES string of the molecule is Cc1ccc(S(=O)(=O)NCC2(C)CCCNC2)c2cccnc12. The van der Waals surface area contributed by atoms with Crippen LogP contribution in [0.5, 0.6) is 0 Å². The first-order chi connectivity index (χ1) is 10.9. The Hall–Kier alpha value is -1.50. The summed E-state index contributed by atoms with van der Waals surface area (Å²) in [6, 6.07) is 7.07. The van der Waals surface area contributed by atoms with Crippen molar-refractivity contribution in [1.29, 1.82) is 0 Å². The molecule has 0 amide bonds. The summed E-state index contributed by atoms with van der Waals surface area (Å²) >= 11 is 0. The van der Waals surface area contributed by atoms with Gasteiger partial charge in [0.1, 0.15) is 0 Å². The van der Waals surface area contributed by atoms with Crippen molar-refractivity contribution in [2.75, 3.05) is 19.6 Å². The highest BCUT2D eigenvalue weighted by atomic mass is 32.2. The first-order valence-electron chi connectivity index (χ1n) is 7.96. The molecule has 1 aromatic heterocycles. The molecule has 1 aliphatic rings. The van der Waals surface area contributed by atoms with E-state index in [0.717, 1.165) is 37.0 Å². The van der Waals surface area contributed by atoms with Crippen molar-refractivity contribution >= 4 is 20.9 Å². The Balaban J connectivity index is 1.90.